The average molecular weight is 191 g/mol. The van der Waals surface area contributed by atoms with Crippen LogP contribution in [0.1, 0.15) is 13.8 Å². The summed E-state index contributed by atoms with van der Waals surface area (Å²) in [6.07, 6.45) is 0. The molecule has 0 unspecified atom stereocenters. The van der Waals surface area contributed by atoms with E-state index in [1.165, 1.54) is 5.69 Å². The van der Waals surface area contributed by atoms with Crippen molar-refractivity contribution in [3.63, 3.8) is 0 Å². The molecule has 0 bridgehead atoms. The van der Waals surface area contributed by atoms with Crippen molar-refractivity contribution in [3.05, 3.63) is 18.2 Å². The Morgan fingerprint density at radius 1 is 1.43 bits per heavy atom. The average Bonchev–Trinajstić information content (AvgIpc) is 2.05. The summed E-state index contributed by atoms with van der Waals surface area (Å²) >= 11 is 0. The number of fused-ring (bicyclic) bond motifs is 1. The minimum Gasteiger partial charge on any atom is -0.397 e. The van der Waals surface area contributed by atoms with Gasteiger partial charge in [0.2, 0.25) is 0 Å². The van der Waals surface area contributed by atoms with Crippen LogP contribution in [0.2, 0.25) is 0 Å². The minimum absolute atomic E-state index is 0.0806. The molecule has 3 heteroatoms. The fraction of sp³-hybridized carbons (Fsp3) is 0.455. The second-order valence-electron chi connectivity index (χ2n) is 4.61. The van der Waals surface area contributed by atoms with Gasteiger partial charge >= 0.3 is 0 Å². The van der Waals surface area contributed by atoms with E-state index in [1.807, 2.05) is 12.1 Å². The van der Waals surface area contributed by atoms with Crippen LogP contribution in [0.4, 0.5) is 17.1 Å². The molecule has 14 heavy (non-hydrogen) atoms. The van der Waals surface area contributed by atoms with Gasteiger partial charge in [0.25, 0.3) is 0 Å². The fourth-order valence-electron chi connectivity index (χ4n) is 2.07. The molecule has 0 aliphatic carbocycles. The number of nitrogens with zero attached hydrogens (tertiary/aromatic N) is 1. The highest BCUT2D eigenvalue weighted by atomic mass is 15.2. The number of rotatable bonds is 0. The number of nitrogen functional groups attached to an aromatic ring is 1. The highest BCUT2D eigenvalue weighted by Gasteiger charge is 2.28. The van der Waals surface area contributed by atoms with Gasteiger partial charge in [0.15, 0.2) is 0 Å². The molecular formula is C11H17N3. The van der Waals surface area contributed by atoms with Crippen LogP contribution in [0.25, 0.3) is 0 Å². The second kappa shape index (κ2) is 2.80. The van der Waals surface area contributed by atoms with Crippen molar-refractivity contribution in [3.8, 4) is 0 Å². The van der Waals surface area contributed by atoms with Gasteiger partial charge in [-0.25, -0.2) is 0 Å². The summed E-state index contributed by atoms with van der Waals surface area (Å²) < 4.78 is 0. The van der Waals surface area contributed by atoms with E-state index >= 15 is 0 Å². The summed E-state index contributed by atoms with van der Waals surface area (Å²) in [5, 5.41) is 3.47. The highest BCUT2D eigenvalue weighted by Crippen LogP contribution is 2.37. The largest absolute Gasteiger partial charge is 0.397 e. The Balaban J connectivity index is 2.51. The standard InChI is InChI=1S/C11H17N3/c1-11(2)7-14(3)9-6-4-5-8(12)10(9)13-11/h4-6,13H,7,12H2,1-3H3. The van der Waals surface area contributed by atoms with E-state index in [2.05, 4.69) is 37.2 Å². The lowest BCUT2D eigenvalue weighted by atomic mass is 9.99. The molecule has 76 valence electrons. The number of anilines is 3. The first kappa shape index (κ1) is 9.19. The summed E-state index contributed by atoms with van der Waals surface area (Å²) in [4.78, 5) is 2.24. The number of nitrogens with two attached hydrogens (primary N) is 1. The van der Waals surface area contributed by atoms with Gasteiger partial charge in [-0.1, -0.05) is 6.07 Å². The Morgan fingerprint density at radius 2 is 2.14 bits per heavy atom. The third kappa shape index (κ3) is 1.39. The van der Waals surface area contributed by atoms with E-state index in [4.69, 9.17) is 5.73 Å². The lowest BCUT2D eigenvalue weighted by Gasteiger charge is -2.40. The fourth-order valence-corrected chi connectivity index (χ4v) is 2.07. The van der Waals surface area contributed by atoms with E-state index in [0.29, 0.717) is 0 Å². The van der Waals surface area contributed by atoms with E-state index in [0.717, 1.165) is 17.9 Å². The first-order chi connectivity index (χ1) is 6.49. The van der Waals surface area contributed by atoms with Gasteiger partial charge in [0, 0.05) is 19.1 Å². The predicted octanol–water partition coefficient (Wildman–Crippen LogP) is 1.91. The summed E-state index contributed by atoms with van der Waals surface area (Å²) in [5.41, 5.74) is 9.08. The minimum atomic E-state index is 0.0806. The molecule has 0 saturated heterocycles. The SMILES string of the molecule is CN1CC(C)(C)Nc2c(N)cccc21. The molecule has 0 amide bonds. The van der Waals surface area contributed by atoms with Gasteiger partial charge in [0.05, 0.1) is 17.1 Å². The summed E-state index contributed by atoms with van der Waals surface area (Å²) in [5.74, 6) is 0. The van der Waals surface area contributed by atoms with Gasteiger partial charge in [-0.15, -0.1) is 0 Å². The van der Waals surface area contributed by atoms with Crippen LogP contribution in [0.3, 0.4) is 0 Å². The zero-order chi connectivity index (χ0) is 10.3. The van der Waals surface area contributed by atoms with Gasteiger partial charge in [-0.05, 0) is 26.0 Å². The van der Waals surface area contributed by atoms with Gasteiger partial charge in [-0.2, -0.15) is 0 Å². The Morgan fingerprint density at radius 3 is 2.86 bits per heavy atom. The van der Waals surface area contributed by atoms with E-state index in [9.17, 15) is 0 Å². The van der Waals surface area contributed by atoms with Crippen LogP contribution in [-0.2, 0) is 0 Å². The maximum atomic E-state index is 5.94. The van der Waals surface area contributed by atoms with Crippen LogP contribution in [0.15, 0.2) is 18.2 Å². The number of hydrogen-bond acceptors (Lipinski definition) is 3. The third-order valence-corrected chi connectivity index (χ3v) is 2.58. The van der Waals surface area contributed by atoms with Crippen molar-refractivity contribution in [1.82, 2.24) is 0 Å². The molecule has 1 aromatic carbocycles. The summed E-state index contributed by atoms with van der Waals surface area (Å²) in [6, 6.07) is 6.01. The smallest absolute Gasteiger partial charge is 0.0816 e. The number of benzene rings is 1. The number of hydrogen-bond donors (Lipinski definition) is 2. The number of nitrogens with one attached hydrogen (secondary N) is 1. The van der Waals surface area contributed by atoms with Crippen molar-refractivity contribution in [2.45, 2.75) is 19.4 Å². The molecule has 2 rings (SSSR count). The maximum Gasteiger partial charge on any atom is 0.0816 e. The molecule has 1 aliphatic heterocycles. The van der Waals surface area contributed by atoms with Crippen molar-refractivity contribution >= 4 is 17.1 Å². The van der Waals surface area contributed by atoms with Gasteiger partial charge < -0.3 is 16.0 Å². The Hall–Kier alpha value is -1.38. The normalized spacial score (nSPS) is 18.6. The highest BCUT2D eigenvalue weighted by molar-refractivity contribution is 5.83. The molecule has 0 aromatic heterocycles. The van der Waals surface area contributed by atoms with Crippen LogP contribution in [-0.4, -0.2) is 19.1 Å². The predicted molar refractivity (Wildman–Crippen MR) is 61.8 cm³/mol. The van der Waals surface area contributed by atoms with Crippen LogP contribution < -0.4 is 16.0 Å². The molecule has 1 aromatic rings. The van der Waals surface area contributed by atoms with Gasteiger partial charge in [0.1, 0.15) is 0 Å². The van der Waals surface area contributed by atoms with Crippen molar-refractivity contribution in [2.24, 2.45) is 0 Å². The molecule has 3 nitrogen and oxygen atoms in total. The van der Waals surface area contributed by atoms with Crippen molar-refractivity contribution in [2.75, 3.05) is 29.5 Å². The lowest BCUT2D eigenvalue weighted by molar-refractivity contribution is 0.550. The monoisotopic (exact) mass is 191 g/mol. The topological polar surface area (TPSA) is 41.3 Å². The first-order valence-corrected chi connectivity index (χ1v) is 4.87. The molecule has 1 aliphatic rings. The maximum absolute atomic E-state index is 5.94. The van der Waals surface area contributed by atoms with Gasteiger partial charge in [-0.3, -0.25) is 0 Å². The number of para-hydroxylation sites is 1. The van der Waals surface area contributed by atoms with E-state index in [-0.39, 0.29) is 5.54 Å². The molecule has 3 N–H and O–H groups in total. The second-order valence-corrected chi connectivity index (χ2v) is 4.61. The quantitative estimate of drug-likeness (QED) is 0.615. The van der Waals surface area contributed by atoms with E-state index in [1.54, 1.807) is 0 Å². The molecule has 0 atom stereocenters. The molecule has 0 spiro atoms. The molecular weight excluding hydrogens is 174 g/mol. The Labute approximate surface area is 84.9 Å². The van der Waals surface area contributed by atoms with Crippen molar-refractivity contribution < 1.29 is 0 Å². The first-order valence-electron chi connectivity index (χ1n) is 4.87. The lowest BCUT2D eigenvalue weighted by Crippen LogP contribution is -2.47. The summed E-state index contributed by atoms with van der Waals surface area (Å²) in [6.45, 7) is 5.35. The van der Waals surface area contributed by atoms with Crippen molar-refractivity contribution in [1.29, 1.82) is 0 Å². The van der Waals surface area contributed by atoms with Crippen LogP contribution in [0, 0.1) is 0 Å². The Bertz CT molecular complexity index is 358. The Kier molecular flexibility index (Phi) is 1.84. The third-order valence-electron chi connectivity index (χ3n) is 2.58. The zero-order valence-electron chi connectivity index (χ0n) is 8.96. The summed E-state index contributed by atoms with van der Waals surface area (Å²) in [7, 11) is 2.10. The molecule has 1 heterocycles. The van der Waals surface area contributed by atoms with Crippen LogP contribution in [0.5, 0.6) is 0 Å². The molecule has 0 fully saturated rings. The van der Waals surface area contributed by atoms with E-state index < -0.39 is 0 Å². The molecule has 0 saturated carbocycles. The zero-order valence-corrected chi connectivity index (χ0v) is 8.96. The van der Waals surface area contributed by atoms with Crippen LogP contribution >= 0.6 is 0 Å². The molecule has 0 radical (unpaired) electrons. The number of likely N-dealkylation sites (N-methyl/N-ethyl adjacent to an activating group) is 1.